The van der Waals surface area contributed by atoms with Gasteiger partial charge in [0, 0.05) is 6.42 Å². The molecule has 1 saturated carbocycles. The third-order valence-electron chi connectivity index (χ3n) is 3.86. The van der Waals surface area contributed by atoms with Crippen molar-refractivity contribution < 1.29 is 23.5 Å². The highest BCUT2D eigenvalue weighted by Crippen LogP contribution is 2.39. The number of hydrogen-bond donors (Lipinski definition) is 2. The van der Waals surface area contributed by atoms with Crippen molar-refractivity contribution in [1.29, 1.82) is 0 Å². The van der Waals surface area contributed by atoms with E-state index in [1.165, 1.54) is 13.0 Å². The molecule has 1 aromatic rings. The molecule has 1 amide bonds. The highest BCUT2D eigenvalue weighted by Gasteiger charge is 2.48. The first kappa shape index (κ1) is 15.4. The van der Waals surface area contributed by atoms with Crippen LogP contribution >= 0.6 is 0 Å². The Morgan fingerprint density at radius 1 is 1.33 bits per heavy atom. The van der Waals surface area contributed by atoms with Gasteiger partial charge in [0.15, 0.2) is 11.6 Å². The number of carboxylic acid groups (broad SMARTS) is 1. The molecule has 0 aromatic heterocycles. The minimum Gasteiger partial charge on any atom is -0.480 e. The standard InChI is InChI=1S/C15H17F2NO3/c1-15(14(20)21,10-4-5-10)18-13(19)7-3-9-2-6-11(16)12(17)8-9/h2,6,8,10H,3-5,7H2,1H3,(H,18,19)(H,20,21). The zero-order valence-corrected chi connectivity index (χ0v) is 11.7. The molecule has 1 aromatic carbocycles. The molecule has 1 fully saturated rings. The number of hydrogen-bond acceptors (Lipinski definition) is 2. The Balaban J connectivity index is 1.92. The lowest BCUT2D eigenvalue weighted by molar-refractivity contribution is -0.147. The minimum atomic E-state index is -1.24. The summed E-state index contributed by atoms with van der Waals surface area (Å²) in [5.41, 5.74) is -0.752. The normalized spacial score (nSPS) is 17.1. The van der Waals surface area contributed by atoms with E-state index in [2.05, 4.69) is 5.32 Å². The molecule has 0 radical (unpaired) electrons. The van der Waals surface area contributed by atoms with E-state index in [1.807, 2.05) is 0 Å². The van der Waals surface area contributed by atoms with Gasteiger partial charge in [-0.15, -0.1) is 0 Å². The van der Waals surface area contributed by atoms with Gasteiger partial charge in [0.25, 0.3) is 0 Å². The predicted octanol–water partition coefficient (Wildman–Crippen LogP) is 2.27. The van der Waals surface area contributed by atoms with Crippen molar-refractivity contribution in [3.63, 3.8) is 0 Å². The Morgan fingerprint density at radius 3 is 2.52 bits per heavy atom. The van der Waals surface area contributed by atoms with Crippen molar-refractivity contribution in [2.24, 2.45) is 5.92 Å². The van der Waals surface area contributed by atoms with E-state index in [4.69, 9.17) is 0 Å². The first-order valence-electron chi connectivity index (χ1n) is 6.81. The van der Waals surface area contributed by atoms with Crippen LogP contribution < -0.4 is 5.32 Å². The number of carbonyl (C=O) groups excluding carboxylic acids is 1. The molecule has 0 heterocycles. The maximum Gasteiger partial charge on any atom is 0.329 e. The van der Waals surface area contributed by atoms with Crippen molar-refractivity contribution in [2.45, 2.75) is 38.1 Å². The van der Waals surface area contributed by atoms with Crippen LogP contribution in [0.2, 0.25) is 0 Å². The lowest BCUT2D eigenvalue weighted by Gasteiger charge is -2.26. The molecule has 0 spiro atoms. The van der Waals surface area contributed by atoms with Crippen LogP contribution in [0.15, 0.2) is 18.2 Å². The molecule has 2 rings (SSSR count). The first-order valence-corrected chi connectivity index (χ1v) is 6.81. The molecule has 1 unspecified atom stereocenters. The van der Waals surface area contributed by atoms with Crippen LogP contribution in [-0.2, 0) is 16.0 Å². The second kappa shape index (κ2) is 5.79. The molecule has 1 aliphatic carbocycles. The summed E-state index contributed by atoms with van der Waals surface area (Å²) in [4.78, 5) is 23.2. The van der Waals surface area contributed by atoms with Crippen LogP contribution in [0.3, 0.4) is 0 Å². The van der Waals surface area contributed by atoms with Gasteiger partial charge in [-0.1, -0.05) is 6.07 Å². The Morgan fingerprint density at radius 2 is 2.00 bits per heavy atom. The van der Waals surface area contributed by atoms with E-state index in [0.29, 0.717) is 5.56 Å². The zero-order valence-electron chi connectivity index (χ0n) is 11.7. The molecule has 0 aliphatic heterocycles. The van der Waals surface area contributed by atoms with Crippen molar-refractivity contribution >= 4 is 11.9 Å². The molecular weight excluding hydrogens is 280 g/mol. The molecule has 0 bridgehead atoms. The minimum absolute atomic E-state index is 0.0284. The van der Waals surface area contributed by atoms with Crippen molar-refractivity contribution in [3.8, 4) is 0 Å². The summed E-state index contributed by atoms with van der Waals surface area (Å²) in [7, 11) is 0. The van der Waals surface area contributed by atoms with Crippen molar-refractivity contribution in [1.82, 2.24) is 5.32 Å². The fraction of sp³-hybridized carbons (Fsp3) is 0.467. The molecule has 0 saturated heterocycles. The third kappa shape index (κ3) is 3.56. The van der Waals surface area contributed by atoms with Gasteiger partial charge in [-0.3, -0.25) is 4.79 Å². The number of carbonyl (C=O) groups is 2. The Kier molecular flexibility index (Phi) is 4.25. The molecule has 21 heavy (non-hydrogen) atoms. The van der Waals surface area contributed by atoms with Gasteiger partial charge in [-0.25, -0.2) is 13.6 Å². The third-order valence-corrected chi connectivity index (χ3v) is 3.86. The second-order valence-electron chi connectivity index (χ2n) is 5.58. The highest BCUT2D eigenvalue weighted by molar-refractivity contribution is 5.87. The van der Waals surface area contributed by atoms with Gasteiger partial charge in [0.05, 0.1) is 0 Å². The van der Waals surface area contributed by atoms with Crippen molar-refractivity contribution in [2.75, 3.05) is 0 Å². The maximum absolute atomic E-state index is 13.0. The Labute approximate surface area is 121 Å². The second-order valence-corrected chi connectivity index (χ2v) is 5.58. The number of aliphatic carboxylic acids is 1. The lowest BCUT2D eigenvalue weighted by atomic mass is 9.95. The van der Waals surface area contributed by atoms with Crippen LogP contribution in [0.4, 0.5) is 8.78 Å². The molecule has 114 valence electrons. The predicted molar refractivity (Wildman–Crippen MR) is 71.6 cm³/mol. The molecule has 4 nitrogen and oxygen atoms in total. The monoisotopic (exact) mass is 297 g/mol. The SMILES string of the molecule is CC(NC(=O)CCc1ccc(F)c(F)c1)(C(=O)O)C1CC1. The summed E-state index contributed by atoms with van der Waals surface area (Å²) in [5, 5.41) is 11.8. The number of amides is 1. The molecule has 1 atom stereocenters. The van der Waals surface area contributed by atoms with E-state index in [9.17, 15) is 23.5 Å². The van der Waals surface area contributed by atoms with E-state index < -0.39 is 29.0 Å². The smallest absolute Gasteiger partial charge is 0.329 e. The molecular formula is C15H17F2NO3. The number of halogens is 2. The van der Waals surface area contributed by atoms with Gasteiger partial charge in [0.1, 0.15) is 5.54 Å². The summed E-state index contributed by atoms with van der Waals surface area (Å²) in [5.74, 6) is -3.39. The fourth-order valence-corrected chi connectivity index (χ4v) is 2.30. The van der Waals surface area contributed by atoms with Gasteiger partial charge in [-0.05, 0) is 49.8 Å². The first-order chi connectivity index (χ1) is 9.83. The summed E-state index contributed by atoms with van der Waals surface area (Å²) in [6.07, 6.45) is 1.82. The average Bonchev–Trinajstić information content (AvgIpc) is 3.24. The number of aryl methyl sites for hydroxylation is 1. The highest BCUT2D eigenvalue weighted by atomic mass is 19.2. The van der Waals surface area contributed by atoms with Crippen LogP contribution in [0.25, 0.3) is 0 Å². The summed E-state index contributed by atoms with van der Waals surface area (Å²) >= 11 is 0. The van der Waals surface area contributed by atoms with E-state index >= 15 is 0 Å². The number of benzene rings is 1. The van der Waals surface area contributed by atoms with Gasteiger partial charge in [0.2, 0.25) is 5.91 Å². The molecule has 1 aliphatic rings. The van der Waals surface area contributed by atoms with Gasteiger partial charge in [-0.2, -0.15) is 0 Å². The quantitative estimate of drug-likeness (QED) is 0.846. The molecule has 6 heteroatoms. The number of carboxylic acids is 1. The van der Waals surface area contributed by atoms with Gasteiger partial charge >= 0.3 is 5.97 Å². The Bertz CT molecular complexity index is 572. The van der Waals surface area contributed by atoms with Crippen LogP contribution in [0.5, 0.6) is 0 Å². The summed E-state index contributed by atoms with van der Waals surface area (Å²) in [6, 6.07) is 3.46. The number of rotatable bonds is 6. The number of nitrogens with one attached hydrogen (secondary N) is 1. The van der Waals surface area contributed by atoms with Crippen molar-refractivity contribution in [3.05, 3.63) is 35.4 Å². The topological polar surface area (TPSA) is 66.4 Å². The van der Waals surface area contributed by atoms with Crippen LogP contribution in [0.1, 0.15) is 31.7 Å². The Hall–Kier alpha value is -1.98. The lowest BCUT2D eigenvalue weighted by Crippen LogP contribution is -2.54. The van der Waals surface area contributed by atoms with Gasteiger partial charge < -0.3 is 10.4 Å². The fourth-order valence-electron chi connectivity index (χ4n) is 2.30. The largest absolute Gasteiger partial charge is 0.480 e. The van der Waals surface area contributed by atoms with E-state index in [1.54, 1.807) is 0 Å². The van der Waals surface area contributed by atoms with Crippen LogP contribution in [0, 0.1) is 17.6 Å². The summed E-state index contributed by atoms with van der Waals surface area (Å²) in [6.45, 7) is 1.50. The molecule has 2 N–H and O–H groups in total. The van der Waals surface area contributed by atoms with E-state index in [-0.39, 0.29) is 18.8 Å². The maximum atomic E-state index is 13.0. The van der Waals surface area contributed by atoms with E-state index in [0.717, 1.165) is 25.0 Å². The summed E-state index contributed by atoms with van der Waals surface area (Å²) < 4.78 is 25.8. The zero-order chi connectivity index (χ0) is 15.6. The van der Waals surface area contributed by atoms with Crippen LogP contribution in [-0.4, -0.2) is 22.5 Å². The average molecular weight is 297 g/mol.